The summed E-state index contributed by atoms with van der Waals surface area (Å²) in [6, 6.07) is 4.14. The molecule has 1 aromatic carbocycles. The average Bonchev–Trinajstić information content (AvgIpc) is 3.21. The summed E-state index contributed by atoms with van der Waals surface area (Å²) in [5.74, 6) is -0.439. The normalized spacial score (nSPS) is 13.5. The zero-order valence-electron chi connectivity index (χ0n) is 16.9. The molecule has 158 valence electrons. The third-order valence-corrected chi connectivity index (χ3v) is 5.52. The molecule has 30 heavy (non-hydrogen) atoms. The van der Waals surface area contributed by atoms with Gasteiger partial charge in [-0.05, 0) is 32.3 Å². The van der Waals surface area contributed by atoms with Crippen LogP contribution in [0, 0.1) is 11.6 Å². The second-order valence-electron chi connectivity index (χ2n) is 7.56. The van der Waals surface area contributed by atoms with Crippen molar-refractivity contribution in [2.24, 2.45) is 0 Å². The quantitative estimate of drug-likeness (QED) is 0.599. The Morgan fingerprint density at radius 2 is 1.97 bits per heavy atom. The van der Waals surface area contributed by atoms with Gasteiger partial charge in [0.2, 0.25) is 0 Å². The molecule has 0 saturated carbocycles. The van der Waals surface area contributed by atoms with Crippen LogP contribution >= 0.6 is 11.6 Å². The van der Waals surface area contributed by atoms with E-state index in [4.69, 9.17) is 11.6 Å². The molecule has 1 N–H and O–H groups in total. The molecule has 0 atom stereocenters. The van der Waals surface area contributed by atoms with Crippen LogP contribution in [0.4, 0.5) is 20.3 Å². The van der Waals surface area contributed by atoms with E-state index in [1.54, 1.807) is 6.20 Å². The maximum atomic E-state index is 14.3. The number of nitrogens with zero attached hydrogens (tertiary/aromatic N) is 5. The molecule has 0 bridgehead atoms. The number of anilines is 2. The molecule has 0 fully saturated rings. The highest BCUT2D eigenvalue weighted by Gasteiger charge is 2.22. The third-order valence-electron chi connectivity index (χ3n) is 5.11. The summed E-state index contributed by atoms with van der Waals surface area (Å²) in [4.78, 5) is 8.59. The van der Waals surface area contributed by atoms with Crippen LogP contribution < -0.4 is 10.2 Å². The fraction of sp³-hybridized carbons (Fsp3) is 0.333. The third kappa shape index (κ3) is 4.24. The average molecular weight is 433 g/mol. The number of hydrogen-bond acceptors (Lipinski definition) is 5. The maximum Gasteiger partial charge on any atom is 0.149 e. The first-order valence-corrected chi connectivity index (χ1v) is 10.1. The Morgan fingerprint density at radius 3 is 2.77 bits per heavy atom. The lowest BCUT2D eigenvalue weighted by atomic mass is 10.1. The van der Waals surface area contributed by atoms with Crippen LogP contribution in [0.3, 0.4) is 0 Å². The molecule has 0 unspecified atom stereocenters. The van der Waals surface area contributed by atoms with Gasteiger partial charge in [-0.2, -0.15) is 5.10 Å². The lowest BCUT2D eigenvalue weighted by molar-refractivity contribution is 0.373. The first kappa shape index (κ1) is 20.6. The number of hydrogen-bond donors (Lipinski definition) is 1. The summed E-state index contributed by atoms with van der Waals surface area (Å²) in [5.41, 5.74) is 2.82. The summed E-state index contributed by atoms with van der Waals surface area (Å²) in [5, 5.41) is 7.50. The van der Waals surface area contributed by atoms with E-state index in [1.165, 1.54) is 0 Å². The minimum Gasteiger partial charge on any atom is -0.367 e. The zero-order chi connectivity index (χ0) is 21.3. The number of rotatable bonds is 6. The van der Waals surface area contributed by atoms with Crippen molar-refractivity contribution in [3.63, 3.8) is 0 Å². The minimum absolute atomic E-state index is 0.145. The van der Waals surface area contributed by atoms with Gasteiger partial charge in [0.1, 0.15) is 17.5 Å². The number of benzene rings is 1. The number of pyridine rings is 1. The molecule has 3 aromatic rings. The van der Waals surface area contributed by atoms with Gasteiger partial charge in [0.25, 0.3) is 0 Å². The standard InChI is InChI=1S/C21H23ClF2N6/c1-28(2)7-8-30-12-15(11-27-30)14-9-19-21(26-10-14)25-5-6-29(19)13-16-17(23)3-4-18(24)20(16)22/h3-4,9-12H,5-8,13H2,1-2H3,(H,25,26). The summed E-state index contributed by atoms with van der Waals surface area (Å²) < 4.78 is 30.1. The van der Waals surface area contributed by atoms with E-state index in [1.807, 2.05) is 42.1 Å². The molecule has 0 aliphatic carbocycles. The summed E-state index contributed by atoms with van der Waals surface area (Å²) >= 11 is 6.04. The molecule has 9 heteroatoms. The Kier molecular flexibility index (Phi) is 5.87. The molecule has 4 rings (SSSR count). The zero-order valence-corrected chi connectivity index (χ0v) is 17.6. The second kappa shape index (κ2) is 8.57. The molecule has 3 heterocycles. The second-order valence-corrected chi connectivity index (χ2v) is 7.94. The van der Waals surface area contributed by atoms with E-state index < -0.39 is 11.6 Å². The van der Waals surface area contributed by atoms with Crippen LogP contribution in [0.25, 0.3) is 11.1 Å². The number of likely N-dealkylation sites (N-methyl/N-ethyl adjacent to an activating group) is 1. The van der Waals surface area contributed by atoms with Gasteiger partial charge in [-0.25, -0.2) is 13.8 Å². The fourth-order valence-electron chi connectivity index (χ4n) is 3.42. The smallest absolute Gasteiger partial charge is 0.149 e. The van der Waals surface area contributed by atoms with Crippen molar-refractivity contribution in [1.82, 2.24) is 19.7 Å². The van der Waals surface area contributed by atoms with Crippen LogP contribution in [0.5, 0.6) is 0 Å². The van der Waals surface area contributed by atoms with E-state index in [0.29, 0.717) is 18.9 Å². The Balaban J connectivity index is 1.62. The summed E-state index contributed by atoms with van der Waals surface area (Å²) in [6.07, 6.45) is 5.58. The predicted molar refractivity (Wildman–Crippen MR) is 115 cm³/mol. The Labute approximate surface area is 179 Å². The van der Waals surface area contributed by atoms with E-state index in [-0.39, 0.29) is 17.1 Å². The van der Waals surface area contributed by atoms with Crippen molar-refractivity contribution in [1.29, 1.82) is 0 Å². The highest BCUT2D eigenvalue weighted by atomic mass is 35.5. The number of fused-ring (bicyclic) bond motifs is 1. The monoisotopic (exact) mass is 432 g/mol. The highest BCUT2D eigenvalue weighted by Crippen LogP contribution is 2.34. The molecule has 2 aromatic heterocycles. The van der Waals surface area contributed by atoms with Crippen LogP contribution in [-0.2, 0) is 13.1 Å². The first-order valence-electron chi connectivity index (χ1n) is 9.71. The van der Waals surface area contributed by atoms with Crippen molar-refractivity contribution in [2.75, 3.05) is 43.9 Å². The van der Waals surface area contributed by atoms with Crippen LogP contribution in [0.15, 0.2) is 36.8 Å². The topological polar surface area (TPSA) is 49.2 Å². The summed E-state index contributed by atoms with van der Waals surface area (Å²) in [7, 11) is 4.04. The number of halogens is 3. The first-order chi connectivity index (χ1) is 14.4. The molecule has 6 nitrogen and oxygen atoms in total. The molecule has 0 spiro atoms. The van der Waals surface area contributed by atoms with E-state index in [2.05, 4.69) is 20.3 Å². The Hall–Kier alpha value is -2.71. The lowest BCUT2D eigenvalue weighted by Crippen LogP contribution is -2.34. The largest absolute Gasteiger partial charge is 0.367 e. The van der Waals surface area contributed by atoms with Gasteiger partial charge in [0.15, 0.2) is 0 Å². The van der Waals surface area contributed by atoms with Gasteiger partial charge in [-0.15, -0.1) is 0 Å². The van der Waals surface area contributed by atoms with E-state index in [0.717, 1.165) is 42.0 Å². The van der Waals surface area contributed by atoms with E-state index in [9.17, 15) is 8.78 Å². The molecule has 0 saturated heterocycles. The molecule has 0 amide bonds. The van der Waals surface area contributed by atoms with E-state index >= 15 is 0 Å². The SMILES string of the molecule is CN(C)CCn1cc(-c2cnc3c(c2)N(Cc2c(F)ccc(F)c2Cl)CCN3)cn1. The van der Waals surface area contributed by atoms with Crippen molar-refractivity contribution < 1.29 is 8.78 Å². The number of nitrogens with one attached hydrogen (secondary N) is 1. The fourth-order valence-corrected chi connectivity index (χ4v) is 3.64. The maximum absolute atomic E-state index is 14.3. The van der Waals surface area contributed by atoms with Crippen molar-refractivity contribution in [2.45, 2.75) is 13.1 Å². The Bertz CT molecular complexity index is 1050. The van der Waals surface area contributed by atoms with Gasteiger partial charge in [0.05, 0.1) is 23.5 Å². The Morgan fingerprint density at radius 1 is 1.17 bits per heavy atom. The lowest BCUT2D eigenvalue weighted by Gasteiger charge is -2.32. The molecule has 1 aliphatic rings. The van der Waals surface area contributed by atoms with Gasteiger partial charge < -0.3 is 15.1 Å². The summed E-state index contributed by atoms with van der Waals surface area (Å²) in [6.45, 7) is 3.10. The number of aromatic nitrogens is 3. The van der Waals surface area contributed by atoms with Gasteiger partial charge in [0, 0.05) is 55.3 Å². The van der Waals surface area contributed by atoms with Gasteiger partial charge >= 0.3 is 0 Å². The van der Waals surface area contributed by atoms with Crippen LogP contribution in [-0.4, -0.2) is 53.4 Å². The van der Waals surface area contributed by atoms with Crippen molar-refractivity contribution in [3.8, 4) is 11.1 Å². The van der Waals surface area contributed by atoms with Crippen LogP contribution in [0.2, 0.25) is 5.02 Å². The van der Waals surface area contributed by atoms with Crippen molar-refractivity contribution >= 4 is 23.1 Å². The molecular weight excluding hydrogens is 410 g/mol. The van der Waals surface area contributed by atoms with Gasteiger partial charge in [-0.1, -0.05) is 11.6 Å². The molecule has 1 aliphatic heterocycles. The predicted octanol–water partition coefficient (Wildman–Crippen LogP) is 3.87. The molecular formula is C21H23ClF2N6. The van der Waals surface area contributed by atoms with Gasteiger partial charge in [-0.3, -0.25) is 4.68 Å². The van der Waals surface area contributed by atoms with Crippen LogP contribution in [0.1, 0.15) is 5.56 Å². The molecule has 0 radical (unpaired) electrons. The van der Waals surface area contributed by atoms with Crippen molar-refractivity contribution in [3.05, 3.63) is 59.0 Å². The minimum atomic E-state index is -0.625. The highest BCUT2D eigenvalue weighted by molar-refractivity contribution is 6.31.